The molecule has 0 saturated carbocycles. The molecule has 1 aromatic carbocycles. The minimum Gasteiger partial charge on any atom is -0.368 e. The third kappa shape index (κ3) is 4.48. The van der Waals surface area contributed by atoms with E-state index in [-0.39, 0.29) is 37.0 Å². The first kappa shape index (κ1) is 17.8. The predicted molar refractivity (Wildman–Crippen MR) is 84.4 cm³/mol. The van der Waals surface area contributed by atoms with Crippen molar-refractivity contribution in [3.8, 4) is 0 Å². The SMILES string of the molecule is CC1CN(Cc2noc(CN)n2)CC(c2ccc(F)cc2)O1.Cl. The standard InChI is InChI=1S/C15H19FN4O2.ClH/c1-10-7-20(9-14-18-15(6-17)22-19-14)8-13(21-10)11-2-4-12(16)5-3-11;/h2-5,10,13H,6-9,17H2,1H3;1H. The number of morpholine rings is 1. The number of rotatable bonds is 4. The molecule has 2 aromatic rings. The van der Waals surface area contributed by atoms with E-state index in [2.05, 4.69) is 15.0 Å². The smallest absolute Gasteiger partial charge is 0.240 e. The third-order valence-corrected chi connectivity index (χ3v) is 3.63. The Morgan fingerprint density at radius 3 is 2.70 bits per heavy atom. The minimum absolute atomic E-state index is 0. The number of hydrogen-bond donors (Lipinski definition) is 1. The molecule has 2 heterocycles. The minimum atomic E-state index is -0.245. The van der Waals surface area contributed by atoms with Crippen LogP contribution >= 0.6 is 12.4 Å². The van der Waals surface area contributed by atoms with Crippen LogP contribution in [0.2, 0.25) is 0 Å². The Morgan fingerprint density at radius 2 is 2.04 bits per heavy atom. The molecule has 0 radical (unpaired) electrons. The quantitative estimate of drug-likeness (QED) is 0.916. The van der Waals surface area contributed by atoms with Crippen LogP contribution in [0.15, 0.2) is 28.8 Å². The second-order valence-corrected chi connectivity index (χ2v) is 5.49. The van der Waals surface area contributed by atoms with Crippen LogP contribution in [-0.2, 0) is 17.8 Å². The highest BCUT2D eigenvalue weighted by atomic mass is 35.5. The van der Waals surface area contributed by atoms with Crippen LogP contribution in [0, 0.1) is 5.82 Å². The maximum Gasteiger partial charge on any atom is 0.240 e. The summed E-state index contributed by atoms with van der Waals surface area (Å²) in [6, 6.07) is 6.43. The first-order valence-electron chi connectivity index (χ1n) is 7.29. The second-order valence-electron chi connectivity index (χ2n) is 5.49. The molecule has 6 nitrogen and oxygen atoms in total. The molecule has 2 atom stereocenters. The van der Waals surface area contributed by atoms with E-state index < -0.39 is 0 Å². The van der Waals surface area contributed by atoms with Gasteiger partial charge in [-0.05, 0) is 24.6 Å². The average molecular weight is 343 g/mol. The molecule has 1 aliphatic rings. The van der Waals surface area contributed by atoms with Crippen molar-refractivity contribution in [2.45, 2.75) is 32.2 Å². The van der Waals surface area contributed by atoms with E-state index in [1.165, 1.54) is 12.1 Å². The topological polar surface area (TPSA) is 77.4 Å². The van der Waals surface area contributed by atoms with E-state index in [4.69, 9.17) is 15.0 Å². The lowest BCUT2D eigenvalue weighted by atomic mass is 10.1. The molecule has 0 bridgehead atoms. The highest BCUT2D eigenvalue weighted by Gasteiger charge is 2.27. The summed E-state index contributed by atoms with van der Waals surface area (Å²) in [5.41, 5.74) is 6.43. The van der Waals surface area contributed by atoms with Gasteiger partial charge in [-0.1, -0.05) is 17.3 Å². The lowest BCUT2D eigenvalue weighted by Gasteiger charge is -2.36. The van der Waals surface area contributed by atoms with E-state index in [1.54, 1.807) is 12.1 Å². The van der Waals surface area contributed by atoms with Gasteiger partial charge in [-0.15, -0.1) is 12.4 Å². The first-order valence-corrected chi connectivity index (χ1v) is 7.29. The molecular formula is C15H20ClFN4O2. The average Bonchev–Trinajstić information content (AvgIpc) is 2.95. The fourth-order valence-electron chi connectivity index (χ4n) is 2.67. The lowest BCUT2D eigenvalue weighted by Crippen LogP contribution is -2.42. The molecule has 1 aromatic heterocycles. The molecule has 3 rings (SSSR count). The van der Waals surface area contributed by atoms with Crippen molar-refractivity contribution in [1.29, 1.82) is 0 Å². The van der Waals surface area contributed by atoms with Gasteiger partial charge in [0.15, 0.2) is 5.82 Å². The van der Waals surface area contributed by atoms with E-state index >= 15 is 0 Å². The monoisotopic (exact) mass is 342 g/mol. The summed E-state index contributed by atoms with van der Waals surface area (Å²) in [6.45, 7) is 4.32. The molecule has 2 N–H and O–H groups in total. The molecule has 1 aliphatic heterocycles. The Bertz CT molecular complexity index is 622. The van der Waals surface area contributed by atoms with E-state index in [0.717, 1.165) is 12.1 Å². The zero-order valence-electron chi connectivity index (χ0n) is 12.8. The summed E-state index contributed by atoms with van der Waals surface area (Å²) >= 11 is 0. The van der Waals surface area contributed by atoms with Crippen LogP contribution in [0.25, 0.3) is 0 Å². The molecular weight excluding hydrogens is 323 g/mol. The van der Waals surface area contributed by atoms with Gasteiger partial charge in [0.1, 0.15) is 5.82 Å². The molecule has 1 fully saturated rings. The molecule has 23 heavy (non-hydrogen) atoms. The molecule has 0 spiro atoms. The van der Waals surface area contributed by atoms with Crippen molar-refractivity contribution in [1.82, 2.24) is 15.0 Å². The van der Waals surface area contributed by atoms with Gasteiger partial charge in [-0.25, -0.2) is 4.39 Å². The second kappa shape index (κ2) is 7.83. The maximum atomic E-state index is 13.0. The number of benzene rings is 1. The highest BCUT2D eigenvalue weighted by Crippen LogP contribution is 2.26. The van der Waals surface area contributed by atoms with Gasteiger partial charge in [0.2, 0.25) is 5.89 Å². The molecule has 2 unspecified atom stereocenters. The van der Waals surface area contributed by atoms with Crippen molar-refractivity contribution in [2.75, 3.05) is 13.1 Å². The molecule has 0 aliphatic carbocycles. The number of hydrogen-bond acceptors (Lipinski definition) is 6. The van der Waals surface area contributed by atoms with E-state index in [1.807, 2.05) is 6.92 Å². The van der Waals surface area contributed by atoms with Crippen LogP contribution in [0.4, 0.5) is 4.39 Å². The van der Waals surface area contributed by atoms with E-state index in [9.17, 15) is 4.39 Å². The highest BCUT2D eigenvalue weighted by molar-refractivity contribution is 5.85. The zero-order chi connectivity index (χ0) is 15.5. The van der Waals surface area contributed by atoms with Crippen molar-refractivity contribution >= 4 is 12.4 Å². The van der Waals surface area contributed by atoms with Crippen LogP contribution < -0.4 is 5.73 Å². The lowest BCUT2D eigenvalue weighted by molar-refractivity contribution is -0.0820. The fraction of sp³-hybridized carbons (Fsp3) is 0.467. The molecule has 8 heteroatoms. The Balaban J connectivity index is 0.00000192. The van der Waals surface area contributed by atoms with Crippen LogP contribution in [0.3, 0.4) is 0 Å². The van der Waals surface area contributed by atoms with Crippen LogP contribution in [0.5, 0.6) is 0 Å². The number of halogens is 2. The van der Waals surface area contributed by atoms with Gasteiger partial charge in [0, 0.05) is 13.1 Å². The summed E-state index contributed by atoms with van der Waals surface area (Å²) in [4.78, 5) is 6.42. The maximum absolute atomic E-state index is 13.0. The van der Waals surface area contributed by atoms with Crippen LogP contribution in [-0.4, -0.2) is 34.2 Å². The summed E-state index contributed by atoms with van der Waals surface area (Å²) in [5, 5.41) is 3.92. The number of nitrogens with two attached hydrogens (primary N) is 1. The van der Waals surface area contributed by atoms with Gasteiger partial charge >= 0.3 is 0 Å². The Hall–Kier alpha value is -1.54. The van der Waals surface area contributed by atoms with E-state index in [0.29, 0.717) is 24.8 Å². The first-order chi connectivity index (χ1) is 10.6. The Labute approximate surface area is 140 Å². The Morgan fingerprint density at radius 1 is 1.30 bits per heavy atom. The van der Waals surface area contributed by atoms with Gasteiger partial charge in [0.05, 0.1) is 25.3 Å². The summed E-state index contributed by atoms with van der Waals surface area (Å²) in [5.74, 6) is 0.810. The van der Waals surface area contributed by atoms with Gasteiger partial charge in [0.25, 0.3) is 0 Å². The van der Waals surface area contributed by atoms with Gasteiger partial charge in [-0.2, -0.15) is 4.98 Å². The Kier molecular flexibility index (Phi) is 6.06. The predicted octanol–water partition coefficient (Wildman–Crippen LogP) is 2.05. The summed E-state index contributed by atoms with van der Waals surface area (Å²) in [7, 11) is 0. The van der Waals surface area contributed by atoms with Crippen molar-refractivity contribution in [3.63, 3.8) is 0 Å². The summed E-state index contributed by atoms with van der Waals surface area (Å²) in [6.07, 6.45) is -0.0186. The molecule has 1 saturated heterocycles. The van der Waals surface area contributed by atoms with Gasteiger partial charge in [-0.3, -0.25) is 4.90 Å². The third-order valence-electron chi connectivity index (χ3n) is 3.63. The van der Waals surface area contributed by atoms with Crippen molar-refractivity contribution < 1.29 is 13.7 Å². The number of nitrogens with zero attached hydrogens (tertiary/aromatic N) is 3. The number of ether oxygens (including phenoxy) is 1. The zero-order valence-corrected chi connectivity index (χ0v) is 13.6. The van der Waals surface area contributed by atoms with Gasteiger partial charge < -0.3 is 15.0 Å². The van der Waals surface area contributed by atoms with Crippen LogP contribution in [0.1, 0.15) is 30.3 Å². The number of aromatic nitrogens is 2. The van der Waals surface area contributed by atoms with Crippen molar-refractivity contribution in [2.24, 2.45) is 5.73 Å². The summed E-state index contributed by atoms with van der Waals surface area (Å²) < 4.78 is 24.0. The van der Waals surface area contributed by atoms with Crippen molar-refractivity contribution in [3.05, 3.63) is 47.4 Å². The molecule has 126 valence electrons. The molecule has 0 amide bonds. The largest absolute Gasteiger partial charge is 0.368 e. The fourth-order valence-corrected chi connectivity index (χ4v) is 2.67. The normalized spacial score (nSPS) is 21.9.